The number of hydrogen-bond acceptors (Lipinski definition) is 2. The van der Waals surface area contributed by atoms with Gasteiger partial charge in [-0.2, -0.15) is 0 Å². The Labute approximate surface area is 137 Å². The number of hydrogen-bond donors (Lipinski definition) is 1. The molecular weight excluding hydrogens is 307 g/mol. The minimum atomic E-state index is -0.0717. The Kier molecular flexibility index (Phi) is 7.50. The molecule has 1 amide bonds. The number of halogens is 2. The standard InChI is InChI=1S/C16H24Cl2N2O/c1-4-5-13(19)9-16(21)20(11(2)3)10-12-6-7-14(17)15(18)8-12/h6-8,11,13H,4-5,9-10,19H2,1-3H3. The van der Waals surface area contributed by atoms with Crippen molar-refractivity contribution in [3.63, 3.8) is 0 Å². The highest BCUT2D eigenvalue weighted by atomic mass is 35.5. The minimum absolute atomic E-state index is 0.0717. The molecule has 0 spiro atoms. The highest BCUT2D eigenvalue weighted by Gasteiger charge is 2.19. The highest BCUT2D eigenvalue weighted by Crippen LogP contribution is 2.24. The number of carbonyl (C=O) groups is 1. The van der Waals surface area contributed by atoms with Crippen LogP contribution in [-0.4, -0.2) is 22.9 Å². The molecule has 118 valence electrons. The van der Waals surface area contributed by atoms with Gasteiger partial charge in [-0.05, 0) is 38.0 Å². The van der Waals surface area contributed by atoms with E-state index < -0.39 is 0 Å². The molecule has 1 rings (SSSR count). The zero-order valence-electron chi connectivity index (χ0n) is 12.9. The fourth-order valence-corrected chi connectivity index (χ4v) is 2.53. The number of nitrogens with two attached hydrogens (primary N) is 1. The average molecular weight is 331 g/mol. The molecular formula is C16H24Cl2N2O. The summed E-state index contributed by atoms with van der Waals surface area (Å²) < 4.78 is 0. The summed E-state index contributed by atoms with van der Waals surface area (Å²) in [4.78, 5) is 14.2. The Balaban J connectivity index is 2.77. The van der Waals surface area contributed by atoms with E-state index in [2.05, 4.69) is 6.92 Å². The first-order valence-electron chi connectivity index (χ1n) is 7.34. The molecule has 0 heterocycles. The topological polar surface area (TPSA) is 46.3 Å². The second-order valence-electron chi connectivity index (χ2n) is 5.62. The first kappa shape index (κ1) is 18.3. The van der Waals surface area contributed by atoms with Crippen LogP contribution < -0.4 is 5.73 Å². The van der Waals surface area contributed by atoms with Gasteiger partial charge < -0.3 is 10.6 Å². The zero-order chi connectivity index (χ0) is 16.0. The van der Waals surface area contributed by atoms with Gasteiger partial charge in [0.2, 0.25) is 5.91 Å². The van der Waals surface area contributed by atoms with E-state index in [1.165, 1.54) is 0 Å². The molecule has 0 fully saturated rings. The normalized spacial score (nSPS) is 12.5. The van der Waals surface area contributed by atoms with Crippen LogP contribution in [0.1, 0.15) is 45.6 Å². The smallest absolute Gasteiger partial charge is 0.224 e. The molecule has 0 saturated carbocycles. The van der Waals surface area contributed by atoms with Gasteiger partial charge in [0.15, 0.2) is 0 Å². The highest BCUT2D eigenvalue weighted by molar-refractivity contribution is 6.42. The summed E-state index contributed by atoms with van der Waals surface area (Å²) in [5, 5.41) is 1.03. The molecule has 1 aromatic carbocycles. The Bertz CT molecular complexity index is 477. The Morgan fingerprint density at radius 3 is 2.48 bits per heavy atom. The SMILES string of the molecule is CCCC(N)CC(=O)N(Cc1ccc(Cl)c(Cl)c1)C(C)C. The van der Waals surface area contributed by atoms with Gasteiger partial charge in [-0.3, -0.25) is 4.79 Å². The number of amides is 1. The Morgan fingerprint density at radius 2 is 1.95 bits per heavy atom. The predicted octanol–water partition coefficient (Wildman–Crippen LogP) is 4.25. The molecule has 1 unspecified atom stereocenters. The lowest BCUT2D eigenvalue weighted by Crippen LogP contribution is -2.39. The summed E-state index contributed by atoms with van der Waals surface area (Å²) in [7, 11) is 0. The van der Waals surface area contributed by atoms with Gasteiger partial charge in [0.05, 0.1) is 10.0 Å². The predicted molar refractivity (Wildman–Crippen MR) is 89.6 cm³/mol. The maximum absolute atomic E-state index is 12.4. The van der Waals surface area contributed by atoms with Crippen LogP contribution in [0.25, 0.3) is 0 Å². The van der Waals surface area contributed by atoms with Crippen LogP contribution in [0.15, 0.2) is 18.2 Å². The summed E-state index contributed by atoms with van der Waals surface area (Å²) in [6.45, 7) is 6.59. The molecule has 0 aromatic heterocycles. The largest absolute Gasteiger partial charge is 0.336 e. The molecule has 0 aliphatic carbocycles. The van der Waals surface area contributed by atoms with Gasteiger partial charge >= 0.3 is 0 Å². The molecule has 0 saturated heterocycles. The maximum atomic E-state index is 12.4. The van der Waals surface area contributed by atoms with Crippen molar-refractivity contribution in [1.29, 1.82) is 0 Å². The van der Waals surface area contributed by atoms with Crippen molar-refractivity contribution in [2.24, 2.45) is 5.73 Å². The quantitative estimate of drug-likeness (QED) is 0.812. The van der Waals surface area contributed by atoms with E-state index in [4.69, 9.17) is 28.9 Å². The van der Waals surface area contributed by atoms with Gasteiger partial charge in [-0.25, -0.2) is 0 Å². The van der Waals surface area contributed by atoms with Crippen LogP contribution in [0.5, 0.6) is 0 Å². The number of benzene rings is 1. The zero-order valence-corrected chi connectivity index (χ0v) is 14.4. The fraction of sp³-hybridized carbons (Fsp3) is 0.562. The van der Waals surface area contributed by atoms with Crippen molar-refractivity contribution < 1.29 is 4.79 Å². The van der Waals surface area contributed by atoms with E-state index in [-0.39, 0.29) is 18.0 Å². The van der Waals surface area contributed by atoms with Gasteiger partial charge in [0.1, 0.15) is 0 Å². The third-order valence-electron chi connectivity index (χ3n) is 3.38. The van der Waals surface area contributed by atoms with Crippen LogP contribution in [-0.2, 0) is 11.3 Å². The van der Waals surface area contributed by atoms with Crippen LogP contribution in [0.3, 0.4) is 0 Å². The van der Waals surface area contributed by atoms with Crippen molar-refractivity contribution in [3.8, 4) is 0 Å². The van der Waals surface area contributed by atoms with Crippen LogP contribution in [0, 0.1) is 0 Å². The van der Waals surface area contributed by atoms with E-state index in [1.807, 2.05) is 24.8 Å². The van der Waals surface area contributed by atoms with Crippen molar-refractivity contribution >= 4 is 29.1 Å². The number of rotatable bonds is 7. The number of carbonyl (C=O) groups excluding carboxylic acids is 1. The second kappa shape index (κ2) is 8.62. The van der Waals surface area contributed by atoms with Crippen molar-refractivity contribution in [1.82, 2.24) is 4.90 Å². The Hall–Kier alpha value is -0.770. The lowest BCUT2D eigenvalue weighted by Gasteiger charge is -2.28. The third kappa shape index (κ3) is 5.85. The molecule has 5 heteroatoms. The molecule has 2 N–H and O–H groups in total. The summed E-state index contributed by atoms with van der Waals surface area (Å²) in [5.41, 5.74) is 6.94. The van der Waals surface area contributed by atoms with Crippen molar-refractivity contribution in [2.75, 3.05) is 0 Å². The molecule has 1 aromatic rings. The van der Waals surface area contributed by atoms with E-state index in [0.717, 1.165) is 18.4 Å². The molecule has 0 aliphatic heterocycles. The summed E-state index contributed by atoms with van der Waals surface area (Å²) in [6.07, 6.45) is 2.24. The van der Waals surface area contributed by atoms with Crippen molar-refractivity contribution in [3.05, 3.63) is 33.8 Å². The summed E-state index contributed by atoms with van der Waals surface area (Å²) >= 11 is 11.9. The van der Waals surface area contributed by atoms with Gasteiger partial charge in [0, 0.05) is 25.0 Å². The average Bonchev–Trinajstić information content (AvgIpc) is 2.39. The summed E-state index contributed by atoms with van der Waals surface area (Å²) in [5.74, 6) is 0.0806. The van der Waals surface area contributed by atoms with E-state index in [1.54, 1.807) is 12.1 Å². The van der Waals surface area contributed by atoms with Crippen LogP contribution in [0.2, 0.25) is 10.0 Å². The van der Waals surface area contributed by atoms with Gasteiger partial charge in [-0.15, -0.1) is 0 Å². The van der Waals surface area contributed by atoms with Crippen LogP contribution in [0.4, 0.5) is 0 Å². The maximum Gasteiger partial charge on any atom is 0.224 e. The van der Waals surface area contributed by atoms with E-state index >= 15 is 0 Å². The molecule has 0 bridgehead atoms. The Morgan fingerprint density at radius 1 is 1.29 bits per heavy atom. The lowest BCUT2D eigenvalue weighted by molar-refractivity contribution is -0.134. The minimum Gasteiger partial charge on any atom is -0.336 e. The van der Waals surface area contributed by atoms with Gasteiger partial charge in [0.25, 0.3) is 0 Å². The van der Waals surface area contributed by atoms with Crippen LogP contribution >= 0.6 is 23.2 Å². The first-order valence-corrected chi connectivity index (χ1v) is 8.09. The van der Waals surface area contributed by atoms with E-state index in [9.17, 15) is 4.79 Å². The molecule has 21 heavy (non-hydrogen) atoms. The van der Waals surface area contributed by atoms with E-state index in [0.29, 0.717) is 23.0 Å². The number of nitrogens with zero attached hydrogens (tertiary/aromatic N) is 1. The molecule has 0 aliphatic rings. The van der Waals surface area contributed by atoms with Gasteiger partial charge in [-0.1, -0.05) is 42.6 Å². The fourth-order valence-electron chi connectivity index (χ4n) is 2.21. The lowest BCUT2D eigenvalue weighted by atomic mass is 10.1. The van der Waals surface area contributed by atoms with Crippen molar-refractivity contribution in [2.45, 2.75) is 58.7 Å². The molecule has 1 atom stereocenters. The molecule has 3 nitrogen and oxygen atoms in total. The summed E-state index contributed by atoms with van der Waals surface area (Å²) in [6, 6.07) is 5.49. The third-order valence-corrected chi connectivity index (χ3v) is 4.12. The monoisotopic (exact) mass is 330 g/mol. The molecule has 0 radical (unpaired) electrons. The first-order chi connectivity index (χ1) is 9.85. The second-order valence-corrected chi connectivity index (χ2v) is 6.43.